The van der Waals surface area contributed by atoms with E-state index in [1.165, 1.54) is 29.1 Å². The zero-order chi connectivity index (χ0) is 14.1. The molecule has 2 heterocycles. The van der Waals surface area contributed by atoms with E-state index in [1.54, 1.807) is 18.4 Å². The number of thiophene rings is 2. The number of anilines is 2. The lowest BCUT2D eigenvalue weighted by molar-refractivity contribution is 0.0968. The summed E-state index contributed by atoms with van der Waals surface area (Å²) in [6.07, 6.45) is 2.34. The first-order valence-electron chi connectivity index (χ1n) is 6.61. The molecule has 1 amide bonds. The van der Waals surface area contributed by atoms with Crippen molar-refractivity contribution in [3.63, 3.8) is 0 Å². The molecule has 0 aliphatic heterocycles. The maximum absolute atomic E-state index is 11.9. The number of nitrogens with two attached hydrogens (primary N) is 1. The second-order valence-corrected chi connectivity index (χ2v) is 6.93. The van der Waals surface area contributed by atoms with E-state index in [0.29, 0.717) is 16.5 Å². The van der Waals surface area contributed by atoms with Gasteiger partial charge in [-0.3, -0.25) is 4.79 Å². The van der Waals surface area contributed by atoms with Gasteiger partial charge in [-0.25, -0.2) is 0 Å². The molecule has 0 aromatic carbocycles. The lowest BCUT2D eigenvalue weighted by Gasteiger charge is -2.06. The summed E-state index contributed by atoms with van der Waals surface area (Å²) in [5, 5.41) is 9.22. The number of hydrogen-bond donors (Lipinski definition) is 3. The van der Waals surface area contributed by atoms with Crippen LogP contribution in [0.25, 0.3) is 0 Å². The van der Waals surface area contributed by atoms with Crippen LogP contribution in [0.4, 0.5) is 10.7 Å². The molecular formula is C14H17N3OS2. The summed E-state index contributed by atoms with van der Waals surface area (Å²) in [4.78, 5) is 13.8. The molecule has 4 N–H and O–H groups in total. The van der Waals surface area contributed by atoms with E-state index in [2.05, 4.69) is 22.1 Å². The first kappa shape index (κ1) is 13.5. The molecule has 0 bridgehead atoms. The largest absolute Gasteiger partial charge is 0.397 e. The van der Waals surface area contributed by atoms with Gasteiger partial charge in [-0.2, -0.15) is 0 Å². The van der Waals surface area contributed by atoms with E-state index in [4.69, 9.17) is 5.73 Å². The first-order chi connectivity index (χ1) is 9.70. The first-order valence-corrected chi connectivity index (χ1v) is 8.30. The third-order valence-corrected chi connectivity index (χ3v) is 5.46. The van der Waals surface area contributed by atoms with Gasteiger partial charge in [0.05, 0.1) is 17.2 Å². The van der Waals surface area contributed by atoms with Crippen molar-refractivity contribution in [2.24, 2.45) is 0 Å². The summed E-state index contributed by atoms with van der Waals surface area (Å²) in [6, 6.07) is 4.15. The van der Waals surface area contributed by atoms with Crippen molar-refractivity contribution in [2.45, 2.75) is 25.3 Å². The third-order valence-electron chi connectivity index (χ3n) is 3.41. The van der Waals surface area contributed by atoms with E-state index < -0.39 is 0 Å². The molecule has 0 spiro atoms. The Balaban J connectivity index is 1.86. The fraction of sp³-hybridized carbons (Fsp3) is 0.357. The molecule has 4 nitrogen and oxygen atoms in total. The smallest absolute Gasteiger partial charge is 0.263 e. The number of rotatable bonds is 5. The Bertz CT molecular complexity index is 615. The quantitative estimate of drug-likeness (QED) is 0.794. The van der Waals surface area contributed by atoms with Crippen LogP contribution in [-0.4, -0.2) is 13.0 Å². The molecule has 6 heteroatoms. The molecule has 0 radical (unpaired) electrons. The van der Waals surface area contributed by atoms with Gasteiger partial charge in [0.15, 0.2) is 0 Å². The van der Waals surface area contributed by atoms with Crippen molar-refractivity contribution in [3.05, 3.63) is 32.8 Å². The molecule has 3 rings (SSSR count). The minimum absolute atomic E-state index is 0.0985. The fourth-order valence-electron chi connectivity index (χ4n) is 2.23. The number of carbonyl (C=O) groups excluding carboxylic acids is 1. The molecule has 1 aliphatic carbocycles. The molecule has 2 aromatic heterocycles. The molecule has 1 fully saturated rings. The van der Waals surface area contributed by atoms with Crippen LogP contribution in [0.2, 0.25) is 0 Å². The number of carbonyl (C=O) groups is 1. The summed E-state index contributed by atoms with van der Waals surface area (Å²) in [7, 11) is 1.64. The maximum atomic E-state index is 11.9. The van der Waals surface area contributed by atoms with E-state index in [0.717, 1.165) is 17.1 Å². The molecule has 0 unspecified atom stereocenters. The average Bonchev–Trinajstić information content (AvgIpc) is 3.03. The molecule has 2 aromatic rings. The Morgan fingerprint density at radius 2 is 2.30 bits per heavy atom. The van der Waals surface area contributed by atoms with Crippen molar-refractivity contribution < 1.29 is 4.79 Å². The summed E-state index contributed by atoms with van der Waals surface area (Å²) >= 11 is 3.19. The van der Waals surface area contributed by atoms with E-state index >= 15 is 0 Å². The number of nitrogen functional groups attached to an aromatic ring is 1. The van der Waals surface area contributed by atoms with Crippen LogP contribution in [0.3, 0.4) is 0 Å². The number of hydrogen-bond acceptors (Lipinski definition) is 5. The van der Waals surface area contributed by atoms with Crippen molar-refractivity contribution >= 4 is 39.3 Å². The minimum Gasteiger partial charge on any atom is -0.397 e. The summed E-state index contributed by atoms with van der Waals surface area (Å²) in [5.74, 6) is 0.425. The van der Waals surface area contributed by atoms with Crippen molar-refractivity contribution in [2.75, 3.05) is 18.1 Å². The lowest BCUT2D eigenvalue weighted by Crippen LogP contribution is -2.17. The second kappa shape index (κ2) is 5.46. The van der Waals surface area contributed by atoms with Crippen molar-refractivity contribution in [1.82, 2.24) is 5.32 Å². The SMILES string of the molecule is CNC(=O)c1sc(NCc2cccs2)c(C2CC2)c1N. The van der Waals surface area contributed by atoms with Gasteiger partial charge in [-0.1, -0.05) is 6.07 Å². The lowest BCUT2D eigenvalue weighted by atomic mass is 10.1. The highest BCUT2D eigenvalue weighted by atomic mass is 32.1. The van der Waals surface area contributed by atoms with Crippen LogP contribution in [-0.2, 0) is 6.54 Å². The molecule has 106 valence electrons. The molecule has 1 saturated carbocycles. The topological polar surface area (TPSA) is 67.2 Å². The van der Waals surface area contributed by atoms with Gasteiger partial charge in [0, 0.05) is 17.5 Å². The predicted octanol–water partition coefficient (Wildman–Crippen LogP) is 3.24. The summed E-state index contributed by atoms with van der Waals surface area (Å²) in [5.41, 5.74) is 7.98. The standard InChI is InChI=1S/C14H17N3OS2/c1-16-13(18)12-11(15)10(8-4-5-8)14(20-12)17-7-9-3-2-6-19-9/h2-3,6,8,17H,4-5,7,15H2,1H3,(H,16,18). The zero-order valence-corrected chi connectivity index (χ0v) is 12.9. The Kier molecular flexibility index (Phi) is 3.67. The van der Waals surface area contributed by atoms with Crippen LogP contribution in [0.1, 0.15) is 38.9 Å². The van der Waals surface area contributed by atoms with E-state index in [1.807, 2.05) is 6.07 Å². The molecule has 20 heavy (non-hydrogen) atoms. The van der Waals surface area contributed by atoms with E-state index in [-0.39, 0.29) is 5.91 Å². The Morgan fingerprint density at radius 1 is 1.50 bits per heavy atom. The Morgan fingerprint density at radius 3 is 2.90 bits per heavy atom. The normalized spacial score (nSPS) is 14.2. The van der Waals surface area contributed by atoms with Crippen LogP contribution in [0.5, 0.6) is 0 Å². The average molecular weight is 307 g/mol. The second-order valence-electron chi connectivity index (χ2n) is 4.87. The monoisotopic (exact) mass is 307 g/mol. The van der Waals surface area contributed by atoms with Crippen LogP contribution < -0.4 is 16.4 Å². The minimum atomic E-state index is -0.0985. The molecule has 0 atom stereocenters. The van der Waals surface area contributed by atoms with Gasteiger partial charge < -0.3 is 16.4 Å². The van der Waals surface area contributed by atoms with Crippen molar-refractivity contribution in [1.29, 1.82) is 0 Å². The third kappa shape index (κ3) is 2.53. The Hall–Kier alpha value is -1.53. The van der Waals surface area contributed by atoms with Crippen LogP contribution in [0.15, 0.2) is 17.5 Å². The highest BCUT2D eigenvalue weighted by Gasteiger charge is 2.32. The molecule has 0 saturated heterocycles. The highest BCUT2D eigenvalue weighted by Crippen LogP contribution is 2.50. The summed E-state index contributed by atoms with van der Waals surface area (Å²) in [6.45, 7) is 0.782. The predicted molar refractivity (Wildman–Crippen MR) is 85.7 cm³/mol. The molecule has 1 aliphatic rings. The van der Waals surface area contributed by atoms with Crippen molar-refractivity contribution in [3.8, 4) is 0 Å². The number of nitrogens with one attached hydrogen (secondary N) is 2. The van der Waals surface area contributed by atoms with Gasteiger partial charge >= 0.3 is 0 Å². The highest BCUT2D eigenvalue weighted by molar-refractivity contribution is 7.18. The van der Waals surface area contributed by atoms with Gasteiger partial charge in [0.1, 0.15) is 4.88 Å². The molecular weight excluding hydrogens is 290 g/mol. The summed E-state index contributed by atoms with van der Waals surface area (Å²) < 4.78 is 0. The van der Waals surface area contributed by atoms with Gasteiger partial charge in [0.2, 0.25) is 0 Å². The Labute approximate surface area is 126 Å². The number of amides is 1. The van der Waals surface area contributed by atoms with Gasteiger partial charge in [-0.15, -0.1) is 22.7 Å². The fourth-order valence-corrected chi connectivity index (χ4v) is 4.02. The van der Waals surface area contributed by atoms with Gasteiger partial charge in [-0.05, 0) is 30.2 Å². The van der Waals surface area contributed by atoms with E-state index in [9.17, 15) is 4.79 Å². The van der Waals surface area contributed by atoms with Crippen LogP contribution >= 0.6 is 22.7 Å². The maximum Gasteiger partial charge on any atom is 0.263 e. The van der Waals surface area contributed by atoms with Gasteiger partial charge in [0.25, 0.3) is 5.91 Å². The zero-order valence-electron chi connectivity index (χ0n) is 11.2. The van der Waals surface area contributed by atoms with Crippen LogP contribution in [0, 0.1) is 0 Å².